The van der Waals surface area contributed by atoms with E-state index in [1.807, 2.05) is 25.7 Å². The Kier molecular flexibility index (Phi) is 9.56. The second kappa shape index (κ2) is 10.9. The Morgan fingerprint density at radius 3 is 2.77 bits per heavy atom. The van der Waals surface area contributed by atoms with Crippen molar-refractivity contribution in [3.8, 4) is 0 Å². The highest BCUT2D eigenvalue weighted by Crippen LogP contribution is 2.21. The molecule has 0 spiro atoms. The lowest BCUT2D eigenvalue weighted by Crippen LogP contribution is -2.45. The number of nitrogens with one attached hydrogen (secondary N) is 2. The van der Waals surface area contributed by atoms with E-state index in [1.54, 1.807) is 12.3 Å². The predicted octanol–water partition coefficient (Wildman–Crippen LogP) is 2.52. The predicted molar refractivity (Wildman–Crippen MR) is 115 cm³/mol. The van der Waals surface area contributed by atoms with Gasteiger partial charge in [-0.2, -0.15) is 0 Å². The van der Waals surface area contributed by atoms with E-state index >= 15 is 0 Å². The Hall–Kier alpha value is -1.16. The van der Waals surface area contributed by atoms with Gasteiger partial charge in [0, 0.05) is 31.9 Å². The van der Waals surface area contributed by atoms with Crippen molar-refractivity contribution < 1.29 is 9.50 Å². The van der Waals surface area contributed by atoms with E-state index < -0.39 is 5.60 Å². The van der Waals surface area contributed by atoms with E-state index in [2.05, 4.69) is 20.6 Å². The van der Waals surface area contributed by atoms with Crippen molar-refractivity contribution in [1.29, 1.82) is 0 Å². The molecule has 1 atom stereocenters. The summed E-state index contributed by atoms with van der Waals surface area (Å²) in [5.74, 6) is 0.802. The highest BCUT2D eigenvalue weighted by atomic mass is 127. The number of aromatic nitrogens is 1. The molecule has 0 saturated carbocycles. The molecule has 8 heteroatoms. The number of halogens is 2. The number of hydrogen-bond acceptors (Lipinski definition) is 4. The van der Waals surface area contributed by atoms with Crippen molar-refractivity contribution in [1.82, 2.24) is 15.6 Å². The third-order valence-corrected chi connectivity index (χ3v) is 4.76. The summed E-state index contributed by atoms with van der Waals surface area (Å²) in [6.45, 7) is 8.47. The van der Waals surface area contributed by atoms with Crippen molar-refractivity contribution in [2.75, 3.05) is 31.1 Å². The van der Waals surface area contributed by atoms with Gasteiger partial charge in [-0.3, -0.25) is 4.99 Å². The lowest BCUT2D eigenvalue weighted by atomic mass is 9.98. The highest BCUT2D eigenvalue weighted by Gasteiger charge is 2.26. The van der Waals surface area contributed by atoms with Crippen molar-refractivity contribution in [3.63, 3.8) is 0 Å². The van der Waals surface area contributed by atoms with Gasteiger partial charge in [0.05, 0.1) is 12.1 Å². The fourth-order valence-corrected chi connectivity index (χ4v) is 2.89. The molecule has 0 radical (unpaired) electrons. The van der Waals surface area contributed by atoms with Gasteiger partial charge in [0.15, 0.2) is 17.6 Å². The van der Waals surface area contributed by atoms with E-state index in [-0.39, 0.29) is 35.8 Å². The first-order chi connectivity index (χ1) is 12.0. The second-order valence-electron chi connectivity index (χ2n) is 6.51. The molecule has 1 aromatic heterocycles. The van der Waals surface area contributed by atoms with Crippen LogP contribution in [-0.4, -0.2) is 53.9 Å². The second-order valence-corrected chi connectivity index (χ2v) is 6.51. The van der Waals surface area contributed by atoms with Crippen LogP contribution in [0.15, 0.2) is 23.3 Å². The summed E-state index contributed by atoms with van der Waals surface area (Å²) in [5.41, 5.74) is -0.763. The summed E-state index contributed by atoms with van der Waals surface area (Å²) in [6, 6.07) is 3.20. The maximum atomic E-state index is 13.9. The number of nitrogens with zero attached hydrogens (tertiary/aromatic N) is 3. The lowest BCUT2D eigenvalue weighted by Gasteiger charge is -2.24. The van der Waals surface area contributed by atoms with Crippen LogP contribution in [0.25, 0.3) is 0 Å². The molecule has 1 aromatic rings. The first-order valence-electron chi connectivity index (χ1n) is 9.14. The Balaban J connectivity index is 0.00000338. The Bertz CT molecular complexity index is 582. The van der Waals surface area contributed by atoms with Crippen molar-refractivity contribution >= 4 is 35.8 Å². The smallest absolute Gasteiger partial charge is 0.191 e. The molecule has 2 rings (SSSR count). The summed E-state index contributed by atoms with van der Waals surface area (Å²) in [4.78, 5) is 10.6. The van der Waals surface area contributed by atoms with E-state index in [1.165, 1.54) is 6.07 Å². The SMILES string of the molecule is CCNC(=NCC(O)(CC)CC)NC1CCN(c2ncccc2F)C1.I. The van der Waals surface area contributed by atoms with E-state index in [9.17, 15) is 9.50 Å². The van der Waals surface area contributed by atoms with Crippen molar-refractivity contribution in [2.45, 2.75) is 51.7 Å². The van der Waals surface area contributed by atoms with Crippen LogP contribution in [-0.2, 0) is 0 Å². The minimum absolute atomic E-state index is 0. The monoisotopic (exact) mass is 479 g/mol. The van der Waals surface area contributed by atoms with Crippen LogP contribution >= 0.6 is 24.0 Å². The van der Waals surface area contributed by atoms with Gasteiger partial charge in [-0.25, -0.2) is 9.37 Å². The number of pyridine rings is 1. The first kappa shape index (κ1) is 22.9. The normalized spacial score (nSPS) is 17.8. The first-order valence-corrected chi connectivity index (χ1v) is 9.14. The fraction of sp³-hybridized carbons (Fsp3) is 0.667. The topological polar surface area (TPSA) is 72.8 Å². The van der Waals surface area contributed by atoms with Crippen LogP contribution in [0.4, 0.5) is 10.2 Å². The molecule has 26 heavy (non-hydrogen) atoms. The lowest BCUT2D eigenvalue weighted by molar-refractivity contribution is 0.0418. The molecule has 0 bridgehead atoms. The number of hydrogen-bond donors (Lipinski definition) is 3. The average molecular weight is 479 g/mol. The molecule has 3 N–H and O–H groups in total. The minimum atomic E-state index is -0.763. The Morgan fingerprint density at radius 2 is 2.15 bits per heavy atom. The summed E-state index contributed by atoms with van der Waals surface area (Å²) in [7, 11) is 0. The van der Waals surface area contributed by atoms with Gasteiger partial charge in [-0.05, 0) is 38.3 Å². The Morgan fingerprint density at radius 1 is 1.42 bits per heavy atom. The molecule has 0 aliphatic carbocycles. The number of anilines is 1. The molecular formula is C18H31FIN5O. The molecule has 1 aliphatic heterocycles. The molecule has 0 amide bonds. The number of guanidine groups is 1. The third kappa shape index (κ3) is 6.22. The maximum absolute atomic E-state index is 13.9. The van der Waals surface area contributed by atoms with E-state index in [0.29, 0.717) is 37.7 Å². The van der Waals surface area contributed by atoms with Crippen LogP contribution in [0, 0.1) is 5.82 Å². The number of rotatable bonds is 7. The molecule has 1 fully saturated rings. The standard InChI is InChI=1S/C18H30FN5O.HI/c1-4-18(25,5-2)13-22-17(20-6-3)23-14-9-11-24(12-14)16-15(19)8-7-10-21-16;/h7-8,10,14,25H,4-6,9,11-13H2,1-3H3,(H2,20,22,23);1H. The van der Waals surface area contributed by atoms with E-state index in [4.69, 9.17) is 0 Å². The maximum Gasteiger partial charge on any atom is 0.191 e. The summed E-state index contributed by atoms with van der Waals surface area (Å²) in [5, 5.41) is 17.0. The van der Waals surface area contributed by atoms with Crippen molar-refractivity contribution in [2.24, 2.45) is 4.99 Å². The van der Waals surface area contributed by atoms with Gasteiger partial charge < -0.3 is 20.6 Å². The molecule has 1 unspecified atom stereocenters. The molecule has 1 saturated heterocycles. The van der Waals surface area contributed by atoms with Crippen LogP contribution in [0.2, 0.25) is 0 Å². The van der Waals surface area contributed by atoms with Crippen LogP contribution in [0.1, 0.15) is 40.0 Å². The quantitative estimate of drug-likeness (QED) is 0.319. The van der Waals surface area contributed by atoms with E-state index in [0.717, 1.165) is 19.5 Å². The van der Waals surface area contributed by atoms with Gasteiger partial charge in [0.2, 0.25) is 0 Å². The minimum Gasteiger partial charge on any atom is -0.388 e. The molecule has 1 aliphatic rings. The molecule has 0 aromatic carbocycles. The van der Waals surface area contributed by atoms with Crippen LogP contribution < -0.4 is 15.5 Å². The zero-order chi connectivity index (χ0) is 18.3. The van der Waals surface area contributed by atoms with Gasteiger partial charge in [-0.15, -0.1) is 24.0 Å². The third-order valence-electron chi connectivity index (χ3n) is 4.76. The Labute approximate surface area is 172 Å². The molecular weight excluding hydrogens is 448 g/mol. The largest absolute Gasteiger partial charge is 0.388 e. The van der Waals surface area contributed by atoms with Crippen LogP contribution in [0.5, 0.6) is 0 Å². The van der Waals surface area contributed by atoms with Crippen molar-refractivity contribution in [3.05, 3.63) is 24.1 Å². The average Bonchev–Trinajstić information content (AvgIpc) is 3.08. The van der Waals surface area contributed by atoms with Gasteiger partial charge in [-0.1, -0.05) is 13.8 Å². The molecule has 2 heterocycles. The van der Waals surface area contributed by atoms with Gasteiger partial charge in [0.1, 0.15) is 0 Å². The number of aliphatic imine (C=N–C) groups is 1. The van der Waals surface area contributed by atoms with Gasteiger partial charge >= 0.3 is 0 Å². The summed E-state index contributed by atoms with van der Waals surface area (Å²) < 4.78 is 13.9. The van der Waals surface area contributed by atoms with Crippen LogP contribution in [0.3, 0.4) is 0 Å². The summed E-state index contributed by atoms with van der Waals surface area (Å²) >= 11 is 0. The highest BCUT2D eigenvalue weighted by molar-refractivity contribution is 14.0. The number of aliphatic hydroxyl groups is 1. The zero-order valence-corrected chi connectivity index (χ0v) is 18.2. The molecule has 148 valence electrons. The zero-order valence-electron chi connectivity index (χ0n) is 15.8. The summed E-state index contributed by atoms with van der Waals surface area (Å²) in [6.07, 6.45) is 3.83. The van der Waals surface area contributed by atoms with Gasteiger partial charge in [0.25, 0.3) is 0 Å². The fourth-order valence-electron chi connectivity index (χ4n) is 2.89. The molecule has 6 nitrogen and oxygen atoms in total.